The minimum atomic E-state index is -2.98. The van der Waals surface area contributed by atoms with Gasteiger partial charge in [-0.05, 0) is 81.5 Å². The van der Waals surface area contributed by atoms with E-state index < -0.39 is 6.61 Å². The highest BCUT2D eigenvalue weighted by Crippen LogP contribution is 2.61. The molecule has 168 valence electrons. The lowest BCUT2D eigenvalue weighted by Gasteiger charge is -2.26. The molecule has 3 saturated carbocycles. The van der Waals surface area contributed by atoms with Gasteiger partial charge in [0.2, 0.25) is 0 Å². The van der Waals surface area contributed by atoms with Crippen molar-refractivity contribution in [3.05, 3.63) is 29.6 Å². The van der Waals surface area contributed by atoms with Gasteiger partial charge in [-0.15, -0.1) is 0 Å². The number of halogens is 2. The summed E-state index contributed by atoms with van der Waals surface area (Å²) in [6.45, 7) is 0.462. The average molecular weight is 432 g/mol. The number of nitrogens with zero attached hydrogens (tertiary/aromatic N) is 2. The van der Waals surface area contributed by atoms with Crippen molar-refractivity contribution in [2.45, 2.75) is 51.2 Å². The molecule has 1 unspecified atom stereocenters. The second-order valence-electron chi connectivity index (χ2n) is 9.55. The zero-order valence-corrected chi connectivity index (χ0v) is 17.7. The largest absolute Gasteiger partial charge is 0.431 e. The highest BCUT2D eigenvalue weighted by atomic mass is 19.3. The Hall–Kier alpha value is -2.22. The second-order valence-corrected chi connectivity index (χ2v) is 9.55. The Labute approximate surface area is 181 Å². The summed E-state index contributed by atoms with van der Waals surface area (Å²) >= 11 is 0. The Morgan fingerprint density at radius 3 is 2.65 bits per heavy atom. The molecule has 0 radical (unpaired) electrons. The highest BCUT2D eigenvalue weighted by Gasteiger charge is 2.58. The molecule has 1 aliphatic heterocycles. The number of rotatable bonds is 9. The number of pyridine rings is 1. The van der Waals surface area contributed by atoms with Crippen molar-refractivity contribution in [1.82, 2.24) is 15.2 Å². The minimum Gasteiger partial charge on any atom is -0.431 e. The van der Waals surface area contributed by atoms with Crippen LogP contribution >= 0.6 is 0 Å². The molecule has 4 aliphatic rings. The van der Waals surface area contributed by atoms with E-state index in [4.69, 9.17) is 11.1 Å². The number of alkyl halides is 2. The number of nitrogens with one attached hydrogen (secondary N) is 2. The van der Waals surface area contributed by atoms with E-state index in [1.54, 1.807) is 0 Å². The maximum Gasteiger partial charge on any atom is 0.387 e. The van der Waals surface area contributed by atoms with Crippen LogP contribution in [0.2, 0.25) is 0 Å². The molecule has 0 amide bonds. The number of hydrogen-bond acceptors (Lipinski definition) is 6. The summed E-state index contributed by atoms with van der Waals surface area (Å²) < 4.78 is 29.7. The molecule has 2 heterocycles. The number of likely N-dealkylation sites (tertiary alicyclic amines) is 1. The van der Waals surface area contributed by atoms with E-state index >= 15 is 0 Å². The number of anilines is 1. The van der Waals surface area contributed by atoms with Crippen LogP contribution in [0.25, 0.3) is 0 Å². The van der Waals surface area contributed by atoms with E-state index in [0.717, 1.165) is 24.2 Å². The molecule has 0 spiro atoms. The van der Waals surface area contributed by atoms with Crippen LogP contribution in [-0.2, 0) is 0 Å². The Bertz CT molecular complexity index is 854. The van der Waals surface area contributed by atoms with Crippen LogP contribution in [0, 0.1) is 29.1 Å². The van der Waals surface area contributed by atoms with Gasteiger partial charge < -0.3 is 26.1 Å². The van der Waals surface area contributed by atoms with Crippen molar-refractivity contribution >= 4 is 11.5 Å². The normalized spacial score (nSPS) is 30.5. The molecule has 8 heteroatoms. The fourth-order valence-corrected chi connectivity index (χ4v) is 5.56. The van der Waals surface area contributed by atoms with Crippen molar-refractivity contribution < 1.29 is 13.5 Å². The summed E-state index contributed by atoms with van der Waals surface area (Å²) in [5.41, 5.74) is 7.43. The molecular formula is C23H31F2N5O. The molecule has 6 nitrogen and oxygen atoms in total. The van der Waals surface area contributed by atoms with Crippen LogP contribution in [0.5, 0.6) is 5.75 Å². The Morgan fingerprint density at radius 2 is 2.00 bits per heavy atom. The van der Waals surface area contributed by atoms with Crippen LogP contribution in [0.15, 0.2) is 24.0 Å². The first-order valence-electron chi connectivity index (χ1n) is 11.5. The Kier molecular flexibility index (Phi) is 5.58. The standard InChI is InChI=1S/C23H31F2N5O/c24-23(25)31-20-7-14(12-29-22(20)27)18(26)10-19(28-11-13-3-4-13)21-16-8-15(9-17(16)21)30-5-1-2-6-30/h7,10,12-13,15-17,21,23,26,28H,1-6,8-9,11H2,(H2,27,29)/b19-10-,26-18?/t15?,16-,17+,21+. The second kappa shape index (κ2) is 8.37. The number of hydrogen-bond donors (Lipinski definition) is 3. The topological polar surface area (TPSA) is 87.3 Å². The molecule has 4 fully saturated rings. The first kappa shape index (κ1) is 20.7. The molecule has 5 rings (SSSR count). The van der Waals surface area contributed by atoms with Crippen LogP contribution in [0.4, 0.5) is 14.6 Å². The predicted octanol–water partition coefficient (Wildman–Crippen LogP) is 3.64. The number of nitrogen functional groups attached to an aromatic ring is 1. The maximum absolute atomic E-state index is 12.6. The molecule has 0 bridgehead atoms. The lowest BCUT2D eigenvalue weighted by atomic mass is 10.0. The Morgan fingerprint density at radius 1 is 1.29 bits per heavy atom. The SMILES string of the molecule is N=C(/C=C(\NCC1CC1)[C@H]1[C@@H]2CC(N3CCCC3)C[C@@H]21)c1cnc(N)c(OC(F)F)c1. The van der Waals surface area contributed by atoms with Gasteiger partial charge in [0.15, 0.2) is 11.6 Å². The molecule has 3 aliphatic carbocycles. The summed E-state index contributed by atoms with van der Waals surface area (Å²) in [6, 6.07) is 2.11. The summed E-state index contributed by atoms with van der Waals surface area (Å²) in [6.07, 6.45) is 11.0. The van der Waals surface area contributed by atoms with Crippen LogP contribution < -0.4 is 15.8 Å². The number of nitrogens with two attached hydrogens (primary N) is 1. The van der Waals surface area contributed by atoms with Gasteiger partial charge in [0.05, 0.1) is 5.71 Å². The van der Waals surface area contributed by atoms with Crippen LogP contribution in [-0.4, -0.2) is 47.9 Å². The van der Waals surface area contributed by atoms with E-state index in [-0.39, 0.29) is 17.3 Å². The van der Waals surface area contributed by atoms with Crippen molar-refractivity contribution in [3.63, 3.8) is 0 Å². The van der Waals surface area contributed by atoms with Gasteiger partial charge in [0.1, 0.15) is 0 Å². The van der Waals surface area contributed by atoms with Gasteiger partial charge >= 0.3 is 6.61 Å². The average Bonchev–Trinajstić information content (AvgIpc) is 3.55. The van der Waals surface area contributed by atoms with E-state index in [9.17, 15) is 8.78 Å². The van der Waals surface area contributed by atoms with Gasteiger partial charge in [-0.3, -0.25) is 0 Å². The maximum atomic E-state index is 12.6. The van der Waals surface area contributed by atoms with E-state index in [2.05, 4.69) is 19.9 Å². The van der Waals surface area contributed by atoms with Gasteiger partial charge in [0.25, 0.3) is 0 Å². The van der Waals surface area contributed by atoms with Gasteiger partial charge in [-0.2, -0.15) is 8.78 Å². The lowest BCUT2D eigenvalue weighted by Crippen LogP contribution is -2.32. The zero-order valence-electron chi connectivity index (χ0n) is 17.7. The van der Waals surface area contributed by atoms with Crippen LogP contribution in [0.1, 0.15) is 44.1 Å². The van der Waals surface area contributed by atoms with Gasteiger partial charge in [0, 0.05) is 36.0 Å². The molecule has 1 aromatic heterocycles. The molecular weight excluding hydrogens is 400 g/mol. The third-order valence-electron chi connectivity index (χ3n) is 7.44. The van der Waals surface area contributed by atoms with Gasteiger partial charge in [-0.1, -0.05) is 0 Å². The van der Waals surface area contributed by atoms with Crippen molar-refractivity contribution in [2.75, 3.05) is 25.4 Å². The molecule has 31 heavy (non-hydrogen) atoms. The monoisotopic (exact) mass is 431 g/mol. The van der Waals surface area contributed by atoms with Crippen molar-refractivity contribution in [1.29, 1.82) is 5.41 Å². The van der Waals surface area contributed by atoms with Crippen LogP contribution in [0.3, 0.4) is 0 Å². The molecule has 4 atom stereocenters. The third kappa shape index (κ3) is 4.54. The summed E-state index contributed by atoms with van der Waals surface area (Å²) in [5.74, 6) is 2.32. The number of aromatic nitrogens is 1. The van der Waals surface area contributed by atoms with E-state index in [0.29, 0.717) is 23.3 Å². The molecule has 1 aromatic rings. The molecule has 4 N–H and O–H groups in total. The zero-order chi connectivity index (χ0) is 21.5. The summed E-state index contributed by atoms with van der Waals surface area (Å²) in [5, 5.41) is 12.2. The quantitative estimate of drug-likeness (QED) is 0.520. The predicted molar refractivity (Wildman–Crippen MR) is 115 cm³/mol. The Balaban J connectivity index is 1.29. The number of allylic oxidation sites excluding steroid dienone is 2. The number of ether oxygens (including phenoxy) is 1. The molecule has 1 saturated heterocycles. The number of fused-ring (bicyclic) bond motifs is 1. The van der Waals surface area contributed by atoms with Gasteiger partial charge in [-0.25, -0.2) is 4.98 Å². The smallest absolute Gasteiger partial charge is 0.387 e. The lowest BCUT2D eigenvalue weighted by molar-refractivity contribution is -0.0495. The highest BCUT2D eigenvalue weighted by molar-refractivity contribution is 6.07. The fraction of sp³-hybridized carbons (Fsp3) is 0.652. The van der Waals surface area contributed by atoms with Crippen molar-refractivity contribution in [2.24, 2.45) is 23.7 Å². The summed E-state index contributed by atoms with van der Waals surface area (Å²) in [7, 11) is 0. The third-order valence-corrected chi connectivity index (χ3v) is 7.44. The molecule has 0 aromatic carbocycles. The minimum absolute atomic E-state index is 0.0995. The van der Waals surface area contributed by atoms with E-state index in [1.807, 2.05) is 6.08 Å². The summed E-state index contributed by atoms with van der Waals surface area (Å²) in [4.78, 5) is 6.60. The van der Waals surface area contributed by atoms with Crippen molar-refractivity contribution in [3.8, 4) is 5.75 Å². The van der Waals surface area contributed by atoms with E-state index in [1.165, 1.54) is 63.9 Å². The fourth-order valence-electron chi connectivity index (χ4n) is 5.56. The first-order chi connectivity index (χ1) is 15.0. The first-order valence-corrected chi connectivity index (χ1v) is 11.5.